The zero-order chi connectivity index (χ0) is 19.8. The molecule has 2 aromatic carbocycles. The number of esters is 1. The van der Waals surface area contributed by atoms with Gasteiger partial charge in [0, 0.05) is 6.08 Å². The molecule has 3 amide bonds. The van der Waals surface area contributed by atoms with Crippen molar-refractivity contribution in [2.45, 2.75) is 0 Å². The SMILES string of the molecule is O=C(COC(=O)/C=C/c1cccc(Cl)c1Cl)NC(=O)Nc1ccccc1F. The predicted octanol–water partition coefficient (Wildman–Crippen LogP) is 4.04. The number of hydrogen-bond donors (Lipinski definition) is 2. The Hall–Kier alpha value is -2.90. The van der Waals surface area contributed by atoms with Crippen LogP contribution in [0.4, 0.5) is 14.9 Å². The van der Waals surface area contributed by atoms with E-state index < -0.39 is 30.3 Å². The molecule has 2 aromatic rings. The first-order chi connectivity index (χ1) is 12.9. The maximum absolute atomic E-state index is 13.4. The van der Waals surface area contributed by atoms with E-state index in [0.29, 0.717) is 10.6 Å². The molecule has 0 fully saturated rings. The van der Waals surface area contributed by atoms with E-state index in [1.54, 1.807) is 18.2 Å². The number of anilines is 1. The van der Waals surface area contributed by atoms with Crippen molar-refractivity contribution in [2.75, 3.05) is 11.9 Å². The zero-order valence-electron chi connectivity index (χ0n) is 13.7. The Balaban J connectivity index is 1.80. The van der Waals surface area contributed by atoms with E-state index in [1.165, 1.54) is 24.3 Å². The molecule has 2 rings (SSSR count). The maximum Gasteiger partial charge on any atom is 0.331 e. The molecular formula is C18H13Cl2FN2O4. The van der Waals surface area contributed by atoms with Gasteiger partial charge in [0.25, 0.3) is 5.91 Å². The third-order valence-electron chi connectivity index (χ3n) is 3.10. The highest BCUT2D eigenvalue weighted by molar-refractivity contribution is 6.42. The van der Waals surface area contributed by atoms with E-state index >= 15 is 0 Å². The monoisotopic (exact) mass is 410 g/mol. The molecule has 0 aromatic heterocycles. The lowest BCUT2D eigenvalue weighted by atomic mass is 10.2. The van der Waals surface area contributed by atoms with E-state index in [4.69, 9.17) is 27.9 Å². The number of para-hydroxylation sites is 1. The molecule has 0 saturated heterocycles. The van der Waals surface area contributed by atoms with Gasteiger partial charge in [0.1, 0.15) is 5.82 Å². The third-order valence-corrected chi connectivity index (χ3v) is 3.93. The Bertz CT molecular complexity index is 903. The number of carbonyl (C=O) groups excluding carboxylic acids is 3. The van der Waals surface area contributed by atoms with Gasteiger partial charge in [-0.25, -0.2) is 14.0 Å². The van der Waals surface area contributed by atoms with E-state index in [1.807, 2.05) is 5.32 Å². The Morgan fingerprint density at radius 3 is 2.56 bits per heavy atom. The van der Waals surface area contributed by atoms with Crippen molar-refractivity contribution >= 4 is 52.9 Å². The van der Waals surface area contributed by atoms with Gasteiger partial charge in [-0.3, -0.25) is 10.1 Å². The summed E-state index contributed by atoms with van der Waals surface area (Å²) in [6.45, 7) is -0.697. The zero-order valence-corrected chi connectivity index (χ0v) is 15.2. The predicted molar refractivity (Wildman–Crippen MR) is 100 cm³/mol. The Morgan fingerprint density at radius 1 is 1.07 bits per heavy atom. The maximum atomic E-state index is 13.4. The highest BCUT2D eigenvalue weighted by Crippen LogP contribution is 2.26. The molecule has 0 heterocycles. The number of ether oxygens (including phenoxy) is 1. The number of amides is 3. The summed E-state index contributed by atoms with van der Waals surface area (Å²) in [4.78, 5) is 34.8. The molecule has 6 nitrogen and oxygen atoms in total. The average Bonchev–Trinajstić information content (AvgIpc) is 2.63. The van der Waals surface area contributed by atoms with Gasteiger partial charge >= 0.3 is 12.0 Å². The summed E-state index contributed by atoms with van der Waals surface area (Å²) < 4.78 is 18.1. The largest absolute Gasteiger partial charge is 0.452 e. The minimum atomic E-state index is -0.956. The fraction of sp³-hybridized carbons (Fsp3) is 0.0556. The first kappa shape index (κ1) is 20.4. The molecule has 0 radical (unpaired) electrons. The Kier molecular flexibility index (Phi) is 7.34. The van der Waals surface area contributed by atoms with Crippen molar-refractivity contribution < 1.29 is 23.5 Å². The molecule has 27 heavy (non-hydrogen) atoms. The minimum absolute atomic E-state index is 0.0962. The average molecular weight is 411 g/mol. The van der Waals surface area contributed by atoms with Gasteiger partial charge in [-0.2, -0.15) is 0 Å². The fourth-order valence-corrected chi connectivity index (χ4v) is 2.24. The van der Waals surface area contributed by atoms with Crippen LogP contribution in [0.15, 0.2) is 48.5 Å². The van der Waals surface area contributed by atoms with Crippen LogP contribution >= 0.6 is 23.2 Å². The minimum Gasteiger partial charge on any atom is -0.452 e. The van der Waals surface area contributed by atoms with Crippen LogP contribution in [-0.4, -0.2) is 24.5 Å². The van der Waals surface area contributed by atoms with Crippen molar-refractivity contribution in [3.05, 3.63) is 70.0 Å². The smallest absolute Gasteiger partial charge is 0.331 e. The van der Waals surface area contributed by atoms with Crippen LogP contribution in [0.1, 0.15) is 5.56 Å². The number of rotatable bonds is 5. The number of halogens is 3. The van der Waals surface area contributed by atoms with E-state index in [-0.39, 0.29) is 10.7 Å². The lowest BCUT2D eigenvalue weighted by Gasteiger charge is -2.07. The highest BCUT2D eigenvalue weighted by Gasteiger charge is 2.11. The topological polar surface area (TPSA) is 84.5 Å². The molecule has 140 valence electrons. The van der Waals surface area contributed by atoms with Crippen LogP contribution in [-0.2, 0) is 14.3 Å². The molecule has 9 heteroatoms. The number of nitrogens with one attached hydrogen (secondary N) is 2. The van der Waals surface area contributed by atoms with E-state index in [0.717, 1.165) is 12.1 Å². The summed E-state index contributed by atoms with van der Waals surface area (Å²) in [5.74, 6) is -2.36. The van der Waals surface area contributed by atoms with Crippen molar-refractivity contribution in [3.63, 3.8) is 0 Å². The van der Waals surface area contributed by atoms with Crippen molar-refractivity contribution in [1.29, 1.82) is 0 Å². The van der Waals surface area contributed by atoms with Crippen molar-refractivity contribution in [1.82, 2.24) is 5.32 Å². The second-order valence-electron chi connectivity index (χ2n) is 5.07. The number of benzene rings is 2. The molecule has 2 N–H and O–H groups in total. The van der Waals surface area contributed by atoms with Crippen LogP contribution in [0.2, 0.25) is 10.0 Å². The van der Waals surface area contributed by atoms with Gasteiger partial charge in [-0.15, -0.1) is 0 Å². The second kappa shape index (κ2) is 9.70. The number of hydrogen-bond acceptors (Lipinski definition) is 4. The molecule has 0 atom stereocenters. The lowest BCUT2D eigenvalue weighted by Crippen LogP contribution is -2.37. The van der Waals surface area contributed by atoms with Crippen LogP contribution < -0.4 is 10.6 Å². The number of carbonyl (C=O) groups is 3. The molecule has 0 aliphatic carbocycles. The fourth-order valence-electron chi connectivity index (χ4n) is 1.87. The van der Waals surface area contributed by atoms with Crippen LogP contribution in [0.3, 0.4) is 0 Å². The van der Waals surface area contributed by atoms with Gasteiger partial charge in [-0.05, 0) is 29.8 Å². The first-order valence-electron chi connectivity index (χ1n) is 7.51. The molecule has 0 aliphatic heterocycles. The molecule has 0 unspecified atom stereocenters. The molecule has 0 spiro atoms. The Labute approximate surface area is 163 Å². The quantitative estimate of drug-likeness (QED) is 0.575. The molecule has 0 bridgehead atoms. The summed E-state index contributed by atoms with van der Waals surface area (Å²) in [6.07, 6.45) is 2.43. The summed E-state index contributed by atoms with van der Waals surface area (Å²) in [5.41, 5.74) is 0.399. The number of imide groups is 1. The summed E-state index contributed by atoms with van der Waals surface area (Å²) >= 11 is 11.8. The highest BCUT2D eigenvalue weighted by atomic mass is 35.5. The van der Waals surface area contributed by atoms with E-state index in [9.17, 15) is 18.8 Å². The van der Waals surface area contributed by atoms with Gasteiger partial charge in [-0.1, -0.05) is 47.5 Å². The summed E-state index contributed by atoms with van der Waals surface area (Å²) in [7, 11) is 0. The summed E-state index contributed by atoms with van der Waals surface area (Å²) in [6, 6.07) is 9.37. The van der Waals surface area contributed by atoms with Crippen molar-refractivity contribution in [2.24, 2.45) is 0 Å². The Morgan fingerprint density at radius 2 is 1.81 bits per heavy atom. The van der Waals surface area contributed by atoms with Gasteiger partial charge in [0.05, 0.1) is 15.7 Å². The third kappa shape index (κ3) is 6.40. The van der Waals surface area contributed by atoms with Gasteiger partial charge < -0.3 is 10.1 Å². The van der Waals surface area contributed by atoms with Crippen LogP contribution in [0.5, 0.6) is 0 Å². The summed E-state index contributed by atoms with van der Waals surface area (Å²) in [5, 5.41) is 4.66. The van der Waals surface area contributed by atoms with Gasteiger partial charge in [0.15, 0.2) is 6.61 Å². The lowest BCUT2D eigenvalue weighted by molar-refractivity contribution is -0.143. The number of urea groups is 1. The molecule has 0 saturated carbocycles. The standard InChI is InChI=1S/C18H13Cl2FN2O4/c19-12-5-3-4-11(17(12)20)8-9-16(25)27-10-15(24)23-18(26)22-14-7-2-1-6-13(14)21/h1-9H,10H2,(H2,22,23,24,26)/b9-8+. The molecule has 0 aliphatic rings. The van der Waals surface area contributed by atoms with Crippen LogP contribution in [0, 0.1) is 5.82 Å². The van der Waals surface area contributed by atoms with E-state index in [2.05, 4.69) is 5.32 Å². The van der Waals surface area contributed by atoms with Crippen molar-refractivity contribution in [3.8, 4) is 0 Å². The normalized spacial score (nSPS) is 10.5. The second-order valence-corrected chi connectivity index (χ2v) is 5.85. The molecular weight excluding hydrogens is 398 g/mol. The first-order valence-corrected chi connectivity index (χ1v) is 8.26. The van der Waals surface area contributed by atoms with Crippen LogP contribution in [0.25, 0.3) is 6.08 Å². The van der Waals surface area contributed by atoms with Gasteiger partial charge in [0.2, 0.25) is 0 Å².